The van der Waals surface area contributed by atoms with E-state index in [9.17, 15) is 8.42 Å². The molecular weight excluding hydrogens is 272 g/mol. The molecule has 1 unspecified atom stereocenters. The zero-order chi connectivity index (χ0) is 14.2. The third kappa shape index (κ3) is 2.55. The molecular formula is C15H16N2O2S. The van der Waals surface area contributed by atoms with Gasteiger partial charge in [-0.05, 0) is 42.2 Å². The zero-order valence-electron chi connectivity index (χ0n) is 10.9. The summed E-state index contributed by atoms with van der Waals surface area (Å²) in [5, 5.41) is 8.60. The van der Waals surface area contributed by atoms with E-state index in [2.05, 4.69) is 17.4 Å². The van der Waals surface area contributed by atoms with Crippen molar-refractivity contribution in [1.29, 1.82) is 0 Å². The highest BCUT2D eigenvalue weighted by Crippen LogP contribution is 2.32. The van der Waals surface area contributed by atoms with Gasteiger partial charge in [0.05, 0.1) is 10.9 Å². The van der Waals surface area contributed by atoms with Gasteiger partial charge in [-0.1, -0.05) is 30.3 Å². The number of hydrogen-bond donors (Lipinski definition) is 2. The Morgan fingerprint density at radius 3 is 2.45 bits per heavy atom. The smallest absolute Gasteiger partial charge is 0.238 e. The third-order valence-corrected chi connectivity index (χ3v) is 4.59. The molecule has 0 saturated heterocycles. The number of sulfonamides is 1. The Labute approximate surface area is 118 Å². The van der Waals surface area contributed by atoms with Crippen molar-refractivity contribution in [2.45, 2.75) is 23.8 Å². The average Bonchev–Trinajstić information content (AvgIpc) is 2.46. The van der Waals surface area contributed by atoms with Gasteiger partial charge in [-0.3, -0.25) is 0 Å². The predicted octanol–water partition coefficient (Wildman–Crippen LogP) is 2.43. The number of nitrogens with one attached hydrogen (secondary N) is 1. The highest BCUT2D eigenvalue weighted by Gasteiger charge is 2.19. The Bertz CT molecular complexity index is 724. The van der Waals surface area contributed by atoms with Gasteiger partial charge in [0, 0.05) is 5.69 Å². The molecule has 1 aliphatic heterocycles. The Kier molecular flexibility index (Phi) is 3.23. The van der Waals surface area contributed by atoms with Crippen LogP contribution in [0.25, 0.3) is 0 Å². The third-order valence-electron chi connectivity index (χ3n) is 3.66. The van der Waals surface area contributed by atoms with E-state index in [4.69, 9.17) is 5.14 Å². The molecule has 2 aromatic rings. The Balaban J connectivity index is 1.85. The first-order chi connectivity index (χ1) is 9.54. The summed E-state index contributed by atoms with van der Waals surface area (Å²) in [7, 11) is -3.62. The monoisotopic (exact) mass is 288 g/mol. The molecule has 1 atom stereocenters. The normalized spacial score (nSPS) is 18.1. The number of aryl methyl sites for hydroxylation is 1. The number of nitrogens with two attached hydrogens (primary N) is 1. The molecule has 0 saturated carbocycles. The molecule has 0 fully saturated rings. The maximum atomic E-state index is 11.2. The number of primary sulfonamides is 1. The van der Waals surface area contributed by atoms with Gasteiger partial charge in [-0.25, -0.2) is 13.6 Å². The van der Waals surface area contributed by atoms with Gasteiger partial charge in [0.15, 0.2) is 0 Å². The van der Waals surface area contributed by atoms with Crippen LogP contribution in [-0.2, 0) is 16.4 Å². The largest absolute Gasteiger partial charge is 0.378 e. The summed E-state index contributed by atoms with van der Waals surface area (Å²) in [5.74, 6) is 0. The lowest BCUT2D eigenvalue weighted by atomic mass is 9.93. The van der Waals surface area contributed by atoms with Crippen molar-refractivity contribution < 1.29 is 8.42 Å². The van der Waals surface area contributed by atoms with E-state index in [1.807, 2.05) is 24.3 Å². The van der Waals surface area contributed by atoms with E-state index in [1.54, 1.807) is 12.1 Å². The van der Waals surface area contributed by atoms with Crippen molar-refractivity contribution in [3.05, 3.63) is 59.7 Å². The molecule has 5 heteroatoms. The molecule has 1 aliphatic rings. The number of para-hydroxylation sites is 1. The first-order valence-corrected chi connectivity index (χ1v) is 8.06. The molecule has 0 spiro atoms. The predicted molar refractivity (Wildman–Crippen MR) is 78.9 cm³/mol. The minimum Gasteiger partial charge on any atom is -0.378 e. The van der Waals surface area contributed by atoms with Crippen LogP contribution in [0.15, 0.2) is 53.4 Å². The van der Waals surface area contributed by atoms with Crippen LogP contribution in [0.1, 0.15) is 23.6 Å². The van der Waals surface area contributed by atoms with Crippen LogP contribution in [0, 0.1) is 0 Å². The van der Waals surface area contributed by atoms with Gasteiger partial charge in [-0.2, -0.15) is 0 Å². The number of rotatable bonds is 2. The molecule has 4 nitrogen and oxygen atoms in total. The van der Waals surface area contributed by atoms with E-state index in [0.717, 1.165) is 24.1 Å². The molecule has 1 heterocycles. The summed E-state index contributed by atoms with van der Waals surface area (Å²) in [6.45, 7) is 0. The quantitative estimate of drug-likeness (QED) is 0.891. The van der Waals surface area contributed by atoms with E-state index < -0.39 is 10.0 Å². The molecule has 104 valence electrons. The van der Waals surface area contributed by atoms with Crippen molar-refractivity contribution in [3.63, 3.8) is 0 Å². The SMILES string of the molecule is NS(=O)(=O)c1ccc(C2CCc3ccccc3N2)cc1. The van der Waals surface area contributed by atoms with Crippen LogP contribution < -0.4 is 10.5 Å². The second-order valence-electron chi connectivity index (χ2n) is 5.01. The van der Waals surface area contributed by atoms with E-state index in [-0.39, 0.29) is 10.9 Å². The van der Waals surface area contributed by atoms with Crippen LogP contribution in [-0.4, -0.2) is 8.42 Å². The molecule has 0 aromatic heterocycles. The minimum absolute atomic E-state index is 0.150. The Morgan fingerprint density at radius 1 is 1.05 bits per heavy atom. The molecule has 3 rings (SSSR count). The maximum Gasteiger partial charge on any atom is 0.238 e. The fourth-order valence-electron chi connectivity index (χ4n) is 2.58. The van der Waals surface area contributed by atoms with E-state index in [1.165, 1.54) is 5.56 Å². The number of anilines is 1. The van der Waals surface area contributed by atoms with Crippen molar-refractivity contribution >= 4 is 15.7 Å². The number of benzene rings is 2. The van der Waals surface area contributed by atoms with Crippen molar-refractivity contribution in [2.75, 3.05) is 5.32 Å². The average molecular weight is 288 g/mol. The lowest BCUT2D eigenvalue weighted by Gasteiger charge is -2.27. The highest BCUT2D eigenvalue weighted by molar-refractivity contribution is 7.89. The minimum atomic E-state index is -3.62. The van der Waals surface area contributed by atoms with Gasteiger partial charge in [0.1, 0.15) is 0 Å². The second kappa shape index (κ2) is 4.92. The number of fused-ring (bicyclic) bond motifs is 1. The Morgan fingerprint density at radius 2 is 1.75 bits per heavy atom. The molecule has 0 bridgehead atoms. The van der Waals surface area contributed by atoms with Crippen molar-refractivity contribution in [3.8, 4) is 0 Å². The number of hydrogen-bond acceptors (Lipinski definition) is 3. The topological polar surface area (TPSA) is 72.2 Å². The van der Waals surface area contributed by atoms with Crippen LogP contribution in [0.3, 0.4) is 0 Å². The zero-order valence-corrected chi connectivity index (χ0v) is 11.7. The molecule has 2 aromatic carbocycles. The summed E-state index contributed by atoms with van der Waals surface area (Å²) < 4.78 is 22.5. The first kappa shape index (κ1) is 13.1. The van der Waals surface area contributed by atoms with E-state index in [0.29, 0.717) is 0 Å². The van der Waals surface area contributed by atoms with Crippen LogP contribution in [0.4, 0.5) is 5.69 Å². The maximum absolute atomic E-state index is 11.2. The second-order valence-corrected chi connectivity index (χ2v) is 6.57. The lowest BCUT2D eigenvalue weighted by Crippen LogP contribution is -2.18. The molecule has 0 amide bonds. The highest BCUT2D eigenvalue weighted by atomic mass is 32.2. The van der Waals surface area contributed by atoms with Gasteiger partial charge in [-0.15, -0.1) is 0 Å². The fourth-order valence-corrected chi connectivity index (χ4v) is 3.09. The molecule has 0 aliphatic carbocycles. The van der Waals surface area contributed by atoms with Crippen LogP contribution in [0.2, 0.25) is 0 Å². The van der Waals surface area contributed by atoms with Gasteiger partial charge in [0.2, 0.25) is 10.0 Å². The summed E-state index contributed by atoms with van der Waals surface area (Å²) in [6.07, 6.45) is 2.01. The molecule has 20 heavy (non-hydrogen) atoms. The van der Waals surface area contributed by atoms with E-state index >= 15 is 0 Å². The van der Waals surface area contributed by atoms with Gasteiger partial charge < -0.3 is 5.32 Å². The standard InChI is InChI=1S/C15H16N2O2S/c16-20(18,19)13-8-5-12(6-9-13)15-10-7-11-3-1-2-4-14(11)17-15/h1-6,8-9,15,17H,7,10H2,(H2,16,18,19). The van der Waals surface area contributed by atoms with Crippen molar-refractivity contribution in [2.24, 2.45) is 5.14 Å². The summed E-state index contributed by atoms with van der Waals surface area (Å²) in [6, 6.07) is 15.2. The fraction of sp³-hybridized carbons (Fsp3) is 0.200. The van der Waals surface area contributed by atoms with Gasteiger partial charge >= 0.3 is 0 Å². The first-order valence-electron chi connectivity index (χ1n) is 6.51. The lowest BCUT2D eigenvalue weighted by molar-refractivity contribution is 0.597. The van der Waals surface area contributed by atoms with Crippen LogP contribution in [0.5, 0.6) is 0 Å². The Hall–Kier alpha value is -1.85. The van der Waals surface area contributed by atoms with Crippen LogP contribution >= 0.6 is 0 Å². The molecule has 0 radical (unpaired) electrons. The van der Waals surface area contributed by atoms with Gasteiger partial charge in [0.25, 0.3) is 0 Å². The summed E-state index contributed by atoms with van der Waals surface area (Å²) in [5.41, 5.74) is 3.55. The summed E-state index contributed by atoms with van der Waals surface area (Å²) >= 11 is 0. The van der Waals surface area contributed by atoms with Crippen molar-refractivity contribution in [1.82, 2.24) is 0 Å². The molecule has 3 N–H and O–H groups in total. The summed E-state index contributed by atoms with van der Waals surface area (Å²) in [4.78, 5) is 0.150.